The largest absolute Gasteiger partial charge is 0.361 e. The van der Waals surface area contributed by atoms with Crippen molar-refractivity contribution in [1.82, 2.24) is 15.2 Å². The Morgan fingerprint density at radius 3 is 2.62 bits per heavy atom. The first kappa shape index (κ1) is 23.9. The lowest BCUT2D eigenvalue weighted by Gasteiger charge is -2.26. The van der Waals surface area contributed by atoms with E-state index >= 15 is 0 Å². The normalized spacial score (nSPS) is 16.0. The summed E-state index contributed by atoms with van der Waals surface area (Å²) >= 11 is 0. The number of benzene rings is 2. The number of nitrogens with zero attached hydrogens (tertiary/aromatic N) is 1. The number of para-hydroxylation sites is 1. The zero-order valence-corrected chi connectivity index (χ0v) is 19.6. The summed E-state index contributed by atoms with van der Waals surface area (Å²) in [7, 11) is 0. The van der Waals surface area contributed by atoms with Gasteiger partial charge in [-0.15, -0.1) is 12.4 Å². The van der Waals surface area contributed by atoms with Crippen molar-refractivity contribution in [2.24, 2.45) is 0 Å². The number of hydrogen-bond acceptors (Lipinski definition) is 2. The topological polar surface area (TPSA) is 65.2 Å². The second kappa shape index (κ2) is 10.7. The molecule has 3 aromatic rings. The molecule has 1 aromatic heterocycles. The second-order valence-corrected chi connectivity index (χ2v) is 8.53. The van der Waals surface area contributed by atoms with E-state index in [1.54, 1.807) is 4.90 Å². The monoisotopic (exact) mass is 453 g/mol. The van der Waals surface area contributed by atoms with Crippen molar-refractivity contribution >= 4 is 35.1 Å². The maximum atomic E-state index is 13.2. The Morgan fingerprint density at radius 2 is 1.81 bits per heavy atom. The smallest absolute Gasteiger partial charge is 0.255 e. The van der Waals surface area contributed by atoms with Crippen molar-refractivity contribution in [3.63, 3.8) is 0 Å². The molecule has 2 atom stereocenters. The van der Waals surface area contributed by atoms with Crippen LogP contribution in [-0.2, 0) is 4.79 Å². The molecule has 0 spiro atoms. The summed E-state index contributed by atoms with van der Waals surface area (Å²) in [5.41, 5.74) is 3.68. The lowest BCUT2D eigenvalue weighted by atomic mass is 9.97. The fourth-order valence-corrected chi connectivity index (χ4v) is 4.61. The Bertz CT molecular complexity index is 1080. The number of aromatic amines is 1. The molecule has 170 valence electrons. The average molecular weight is 454 g/mol. The molecule has 0 saturated heterocycles. The molecule has 2 heterocycles. The summed E-state index contributed by atoms with van der Waals surface area (Å²) in [5.74, 6) is -0.189. The molecular weight excluding hydrogens is 422 g/mol. The van der Waals surface area contributed by atoms with Crippen molar-refractivity contribution in [2.75, 3.05) is 6.54 Å². The van der Waals surface area contributed by atoms with Gasteiger partial charge in [-0.05, 0) is 31.0 Å². The van der Waals surface area contributed by atoms with Gasteiger partial charge in [-0.3, -0.25) is 9.59 Å². The summed E-state index contributed by atoms with van der Waals surface area (Å²) in [6.45, 7) is 4.29. The lowest BCUT2D eigenvalue weighted by Crippen LogP contribution is -2.42. The molecule has 0 saturated carbocycles. The number of amides is 2. The minimum atomic E-state index is -0.273. The molecule has 2 N–H and O–H groups in total. The van der Waals surface area contributed by atoms with Crippen LogP contribution in [0.15, 0.2) is 54.7 Å². The minimum Gasteiger partial charge on any atom is -0.361 e. The van der Waals surface area contributed by atoms with Gasteiger partial charge in [-0.2, -0.15) is 0 Å². The summed E-state index contributed by atoms with van der Waals surface area (Å²) in [5, 5.41) is 4.17. The third-order valence-electron chi connectivity index (χ3n) is 6.19. The number of fused-ring (bicyclic) bond motifs is 2. The van der Waals surface area contributed by atoms with Crippen LogP contribution < -0.4 is 5.32 Å². The van der Waals surface area contributed by atoms with E-state index < -0.39 is 0 Å². The van der Waals surface area contributed by atoms with Crippen LogP contribution >= 0.6 is 12.4 Å². The van der Waals surface area contributed by atoms with Crippen LogP contribution in [-0.4, -0.2) is 34.3 Å². The molecule has 2 aromatic carbocycles. The zero-order chi connectivity index (χ0) is 21.8. The van der Waals surface area contributed by atoms with Crippen LogP contribution in [0, 0.1) is 0 Å². The number of unbranched alkanes of at least 4 members (excludes halogenated alkanes) is 3. The molecule has 0 bridgehead atoms. The highest BCUT2D eigenvalue weighted by Gasteiger charge is 2.39. The molecule has 0 aliphatic carbocycles. The number of aromatic nitrogens is 1. The van der Waals surface area contributed by atoms with E-state index in [2.05, 4.69) is 23.3 Å². The lowest BCUT2D eigenvalue weighted by molar-refractivity contribution is -0.122. The Balaban J connectivity index is 0.00000289. The standard InChI is InChI=1S/C26H31N3O2.ClH/c1-3-4-5-6-11-18(2)28-24(30)17-29-25(20-13-7-8-14-21(20)26(29)31)22-16-27-23-15-10-9-12-19(22)23;/h7-10,12-16,18,25,27H,3-6,11,17H2,1-2H3,(H,28,30);1H. The first-order valence-corrected chi connectivity index (χ1v) is 11.4. The number of rotatable bonds is 9. The van der Waals surface area contributed by atoms with E-state index in [1.807, 2.05) is 55.6 Å². The first-order chi connectivity index (χ1) is 15.1. The fraction of sp³-hybridized carbons (Fsp3) is 0.385. The van der Waals surface area contributed by atoms with Crippen LogP contribution in [0.3, 0.4) is 0 Å². The van der Waals surface area contributed by atoms with Gasteiger partial charge < -0.3 is 15.2 Å². The maximum absolute atomic E-state index is 13.2. The van der Waals surface area contributed by atoms with Crippen molar-refractivity contribution in [3.8, 4) is 0 Å². The molecule has 0 radical (unpaired) electrons. The number of nitrogens with one attached hydrogen (secondary N) is 2. The highest BCUT2D eigenvalue weighted by atomic mass is 35.5. The number of H-pyrrole nitrogens is 1. The summed E-state index contributed by atoms with van der Waals surface area (Å²) in [6, 6.07) is 15.6. The van der Waals surface area contributed by atoms with Crippen LogP contribution in [0.5, 0.6) is 0 Å². The van der Waals surface area contributed by atoms with Gasteiger partial charge in [0.15, 0.2) is 0 Å². The molecule has 1 aliphatic rings. The van der Waals surface area contributed by atoms with Gasteiger partial charge in [0.05, 0.1) is 6.04 Å². The van der Waals surface area contributed by atoms with Crippen molar-refractivity contribution in [1.29, 1.82) is 0 Å². The van der Waals surface area contributed by atoms with E-state index in [0.717, 1.165) is 34.9 Å². The Hall–Kier alpha value is -2.79. The van der Waals surface area contributed by atoms with Crippen LogP contribution in [0.1, 0.15) is 73.5 Å². The molecular formula is C26H32ClN3O2. The predicted molar refractivity (Wildman–Crippen MR) is 131 cm³/mol. The molecule has 1 aliphatic heterocycles. The summed E-state index contributed by atoms with van der Waals surface area (Å²) in [4.78, 5) is 31.1. The molecule has 4 rings (SSSR count). The molecule has 32 heavy (non-hydrogen) atoms. The number of halogens is 1. The summed E-state index contributed by atoms with van der Waals surface area (Å²) < 4.78 is 0. The molecule has 2 amide bonds. The molecule has 6 heteroatoms. The molecule has 0 fully saturated rings. The van der Waals surface area contributed by atoms with Gasteiger partial charge in [0.25, 0.3) is 5.91 Å². The van der Waals surface area contributed by atoms with E-state index in [9.17, 15) is 9.59 Å². The van der Waals surface area contributed by atoms with Gasteiger partial charge in [-0.25, -0.2) is 0 Å². The number of hydrogen-bond donors (Lipinski definition) is 2. The maximum Gasteiger partial charge on any atom is 0.255 e. The fourth-order valence-electron chi connectivity index (χ4n) is 4.61. The average Bonchev–Trinajstić information content (AvgIpc) is 3.31. The van der Waals surface area contributed by atoms with Crippen LogP contribution in [0.25, 0.3) is 10.9 Å². The first-order valence-electron chi connectivity index (χ1n) is 11.4. The quantitative estimate of drug-likeness (QED) is 0.413. The highest BCUT2D eigenvalue weighted by Crippen LogP contribution is 2.40. The van der Waals surface area contributed by atoms with Gasteiger partial charge in [-0.1, -0.05) is 69.0 Å². The van der Waals surface area contributed by atoms with Gasteiger partial charge in [0.2, 0.25) is 5.91 Å². The van der Waals surface area contributed by atoms with E-state index in [0.29, 0.717) is 5.56 Å². The van der Waals surface area contributed by atoms with Gasteiger partial charge in [0, 0.05) is 34.3 Å². The third kappa shape index (κ3) is 4.83. The van der Waals surface area contributed by atoms with Crippen LogP contribution in [0.4, 0.5) is 0 Å². The van der Waals surface area contributed by atoms with Crippen molar-refractivity contribution < 1.29 is 9.59 Å². The Morgan fingerprint density at radius 1 is 1.06 bits per heavy atom. The highest BCUT2D eigenvalue weighted by molar-refractivity contribution is 6.02. The second-order valence-electron chi connectivity index (χ2n) is 8.53. The van der Waals surface area contributed by atoms with E-state index in [1.165, 1.54) is 19.3 Å². The Labute approximate surface area is 196 Å². The summed E-state index contributed by atoms with van der Waals surface area (Å²) in [6.07, 6.45) is 7.67. The predicted octanol–water partition coefficient (Wildman–Crippen LogP) is 5.61. The zero-order valence-electron chi connectivity index (χ0n) is 18.8. The van der Waals surface area contributed by atoms with Crippen LogP contribution in [0.2, 0.25) is 0 Å². The Kier molecular flexibility index (Phi) is 7.97. The van der Waals surface area contributed by atoms with Crippen molar-refractivity contribution in [2.45, 2.75) is 58.0 Å². The molecule has 5 nitrogen and oxygen atoms in total. The van der Waals surface area contributed by atoms with Gasteiger partial charge >= 0.3 is 0 Å². The molecule has 2 unspecified atom stereocenters. The SMILES string of the molecule is CCCCCCC(C)NC(=O)CN1C(=O)c2ccccc2C1c1c[nH]c2ccccc12.Cl. The number of carbonyl (C=O) groups is 2. The van der Waals surface area contributed by atoms with E-state index in [4.69, 9.17) is 0 Å². The van der Waals surface area contributed by atoms with E-state index in [-0.39, 0.29) is 42.8 Å². The third-order valence-corrected chi connectivity index (χ3v) is 6.19. The minimum absolute atomic E-state index is 0. The number of carbonyl (C=O) groups excluding carboxylic acids is 2. The van der Waals surface area contributed by atoms with Gasteiger partial charge in [0.1, 0.15) is 6.54 Å². The van der Waals surface area contributed by atoms with Crippen molar-refractivity contribution in [3.05, 3.63) is 71.4 Å².